The van der Waals surface area contributed by atoms with Gasteiger partial charge < -0.3 is 5.11 Å². The van der Waals surface area contributed by atoms with Crippen molar-refractivity contribution in [1.82, 2.24) is 4.90 Å². The highest BCUT2D eigenvalue weighted by Crippen LogP contribution is 2.33. The highest BCUT2D eigenvalue weighted by Gasteiger charge is 2.43. The van der Waals surface area contributed by atoms with Crippen molar-refractivity contribution < 1.29 is 19.5 Å². The van der Waals surface area contributed by atoms with Gasteiger partial charge in [0, 0.05) is 6.42 Å². The van der Waals surface area contributed by atoms with Gasteiger partial charge in [0.2, 0.25) is 0 Å². The average Bonchev–Trinajstić information content (AvgIpc) is 2.78. The van der Waals surface area contributed by atoms with Gasteiger partial charge in [-0.25, -0.2) is 4.79 Å². The molecule has 0 aromatic heterocycles. The van der Waals surface area contributed by atoms with E-state index in [9.17, 15) is 19.5 Å². The van der Waals surface area contributed by atoms with Crippen LogP contribution >= 0.6 is 23.2 Å². The van der Waals surface area contributed by atoms with E-state index in [2.05, 4.69) is 0 Å². The molecule has 0 aliphatic carbocycles. The van der Waals surface area contributed by atoms with E-state index in [1.165, 1.54) is 12.1 Å². The Balaban J connectivity index is 1.99. The maximum absolute atomic E-state index is 12.5. The molecule has 3 rings (SSSR count). The molecule has 0 saturated carbocycles. The third kappa shape index (κ3) is 2.77. The highest BCUT2D eigenvalue weighted by molar-refractivity contribution is 6.43. The minimum absolute atomic E-state index is 0.0170. The number of amides is 2. The standard InChI is InChI=1S/C17H11Cl2NO4/c18-12-7-10-11(8-13(12)19)16(22)20(15(10)21)14(17(23)24)6-9-4-2-1-3-5-9/h1-5,7-8,14H,6H2,(H,23,24)/t14-/m0/s1. The maximum Gasteiger partial charge on any atom is 0.327 e. The Hall–Kier alpha value is -2.37. The van der Waals surface area contributed by atoms with E-state index >= 15 is 0 Å². The number of aliphatic carboxylic acids is 1. The van der Waals surface area contributed by atoms with Gasteiger partial charge in [-0.3, -0.25) is 14.5 Å². The summed E-state index contributed by atoms with van der Waals surface area (Å²) in [6, 6.07) is 10.1. The number of rotatable bonds is 4. The maximum atomic E-state index is 12.5. The number of nitrogens with zero attached hydrogens (tertiary/aromatic N) is 1. The number of carboxylic acids is 1. The smallest absolute Gasteiger partial charge is 0.327 e. The lowest BCUT2D eigenvalue weighted by molar-refractivity contribution is -0.141. The van der Waals surface area contributed by atoms with E-state index in [-0.39, 0.29) is 27.6 Å². The topological polar surface area (TPSA) is 74.7 Å². The highest BCUT2D eigenvalue weighted by atomic mass is 35.5. The lowest BCUT2D eigenvalue weighted by atomic mass is 10.0. The molecule has 2 aromatic rings. The molecule has 24 heavy (non-hydrogen) atoms. The molecule has 1 N–H and O–H groups in total. The molecule has 0 radical (unpaired) electrons. The van der Waals surface area contributed by atoms with Crippen LogP contribution in [0.15, 0.2) is 42.5 Å². The first-order valence-electron chi connectivity index (χ1n) is 7.04. The second kappa shape index (κ2) is 6.26. The van der Waals surface area contributed by atoms with Crippen molar-refractivity contribution in [3.63, 3.8) is 0 Å². The van der Waals surface area contributed by atoms with Gasteiger partial charge in [-0.1, -0.05) is 53.5 Å². The van der Waals surface area contributed by atoms with Crippen LogP contribution in [0, 0.1) is 0 Å². The van der Waals surface area contributed by atoms with Crippen LogP contribution in [0.5, 0.6) is 0 Å². The molecule has 1 heterocycles. The van der Waals surface area contributed by atoms with Crippen molar-refractivity contribution in [1.29, 1.82) is 0 Å². The van der Waals surface area contributed by atoms with Gasteiger partial charge in [-0.2, -0.15) is 0 Å². The molecule has 122 valence electrons. The first-order chi connectivity index (χ1) is 11.4. The van der Waals surface area contributed by atoms with Gasteiger partial charge in [0.05, 0.1) is 21.2 Å². The molecule has 0 saturated heterocycles. The Morgan fingerprint density at radius 1 is 1.00 bits per heavy atom. The van der Waals surface area contributed by atoms with Crippen LogP contribution in [0.1, 0.15) is 26.3 Å². The van der Waals surface area contributed by atoms with E-state index in [1.54, 1.807) is 30.3 Å². The molecule has 2 aromatic carbocycles. The molecule has 7 heteroatoms. The summed E-state index contributed by atoms with van der Waals surface area (Å²) in [4.78, 5) is 37.5. The number of halogens is 2. The lowest BCUT2D eigenvalue weighted by Gasteiger charge is -2.22. The number of fused-ring (bicyclic) bond motifs is 1. The van der Waals surface area contributed by atoms with Gasteiger partial charge in [-0.05, 0) is 17.7 Å². The molecule has 0 bridgehead atoms. The fourth-order valence-corrected chi connectivity index (χ4v) is 2.99. The second-order valence-electron chi connectivity index (χ2n) is 5.34. The number of carbonyl (C=O) groups excluding carboxylic acids is 2. The number of hydrogen-bond acceptors (Lipinski definition) is 3. The first kappa shape index (κ1) is 16.5. The molecule has 0 spiro atoms. The van der Waals surface area contributed by atoms with Crippen LogP contribution in [0.2, 0.25) is 10.0 Å². The van der Waals surface area contributed by atoms with Gasteiger partial charge in [0.15, 0.2) is 0 Å². The van der Waals surface area contributed by atoms with Crippen LogP contribution in [-0.4, -0.2) is 33.8 Å². The van der Waals surface area contributed by atoms with E-state index < -0.39 is 23.8 Å². The minimum Gasteiger partial charge on any atom is -0.480 e. The molecule has 2 amide bonds. The Bertz CT molecular complexity index is 810. The minimum atomic E-state index is -1.31. The normalized spacial score (nSPS) is 14.7. The SMILES string of the molecule is O=C(O)[C@H](Cc1ccccc1)N1C(=O)c2cc(Cl)c(Cl)cc2C1=O. The first-order valence-corrected chi connectivity index (χ1v) is 7.79. The molecule has 1 aliphatic heterocycles. The number of carboxylic acid groups (broad SMARTS) is 1. The summed E-state index contributed by atoms with van der Waals surface area (Å²) >= 11 is 11.8. The molecule has 5 nitrogen and oxygen atoms in total. The fraction of sp³-hybridized carbons (Fsp3) is 0.118. The number of hydrogen-bond donors (Lipinski definition) is 1. The Morgan fingerprint density at radius 3 is 1.96 bits per heavy atom. The van der Waals surface area contributed by atoms with Crippen LogP contribution in [0.3, 0.4) is 0 Å². The summed E-state index contributed by atoms with van der Waals surface area (Å²) in [5.41, 5.74) is 0.833. The molecule has 0 fully saturated rings. The largest absolute Gasteiger partial charge is 0.480 e. The van der Waals surface area contributed by atoms with Crippen LogP contribution in [0.25, 0.3) is 0 Å². The summed E-state index contributed by atoms with van der Waals surface area (Å²) in [5.74, 6) is -2.63. The Labute approximate surface area is 147 Å². The Morgan fingerprint density at radius 2 is 1.50 bits per heavy atom. The molecule has 1 atom stereocenters. The van der Waals surface area contributed by atoms with Gasteiger partial charge >= 0.3 is 5.97 Å². The third-order valence-electron chi connectivity index (χ3n) is 3.83. The molecule has 0 unspecified atom stereocenters. The number of imide groups is 1. The zero-order valence-corrected chi connectivity index (χ0v) is 13.7. The van der Waals surface area contributed by atoms with Crippen molar-refractivity contribution in [3.8, 4) is 0 Å². The van der Waals surface area contributed by atoms with Crippen LogP contribution < -0.4 is 0 Å². The summed E-state index contributed by atoms with van der Waals surface area (Å²) < 4.78 is 0. The predicted molar refractivity (Wildman–Crippen MR) is 88.5 cm³/mol. The van der Waals surface area contributed by atoms with Crippen molar-refractivity contribution >= 4 is 41.0 Å². The van der Waals surface area contributed by atoms with Crippen molar-refractivity contribution in [2.24, 2.45) is 0 Å². The zero-order valence-electron chi connectivity index (χ0n) is 12.2. The molecular weight excluding hydrogens is 353 g/mol. The van der Waals surface area contributed by atoms with Gasteiger partial charge in [0.1, 0.15) is 6.04 Å². The average molecular weight is 364 g/mol. The zero-order chi connectivity index (χ0) is 17.4. The van der Waals surface area contributed by atoms with Gasteiger partial charge in [-0.15, -0.1) is 0 Å². The van der Waals surface area contributed by atoms with Crippen molar-refractivity contribution in [2.45, 2.75) is 12.5 Å². The predicted octanol–water partition coefficient (Wildman–Crippen LogP) is 3.29. The Kier molecular flexibility index (Phi) is 4.30. The molecular formula is C17H11Cl2NO4. The van der Waals surface area contributed by atoms with E-state index in [0.29, 0.717) is 5.56 Å². The van der Waals surface area contributed by atoms with E-state index in [0.717, 1.165) is 4.90 Å². The van der Waals surface area contributed by atoms with Crippen LogP contribution in [0.4, 0.5) is 0 Å². The summed E-state index contributed by atoms with van der Waals surface area (Å²) in [6.07, 6.45) is 0.0170. The third-order valence-corrected chi connectivity index (χ3v) is 4.55. The summed E-state index contributed by atoms with van der Waals surface area (Å²) in [6.45, 7) is 0. The van der Waals surface area contributed by atoms with Gasteiger partial charge in [0.25, 0.3) is 11.8 Å². The second-order valence-corrected chi connectivity index (χ2v) is 6.15. The van der Waals surface area contributed by atoms with E-state index in [1.807, 2.05) is 0 Å². The van der Waals surface area contributed by atoms with E-state index in [4.69, 9.17) is 23.2 Å². The van der Waals surface area contributed by atoms with Crippen LogP contribution in [-0.2, 0) is 11.2 Å². The quantitative estimate of drug-likeness (QED) is 0.845. The number of carbonyl (C=O) groups is 3. The van der Waals surface area contributed by atoms with Crippen molar-refractivity contribution in [3.05, 3.63) is 69.2 Å². The summed E-state index contributed by atoms with van der Waals surface area (Å²) in [5, 5.41) is 9.79. The van der Waals surface area contributed by atoms with Crippen molar-refractivity contribution in [2.75, 3.05) is 0 Å². The monoisotopic (exact) mass is 363 g/mol. The number of benzene rings is 2. The lowest BCUT2D eigenvalue weighted by Crippen LogP contribution is -2.46. The summed E-state index contributed by atoms with van der Waals surface area (Å²) in [7, 11) is 0. The fourth-order valence-electron chi connectivity index (χ4n) is 2.66. The molecule has 1 aliphatic rings.